The standard InChI is InChI=1S/C10H10Br2ClNO/c1-6(5-11)14-10(15)7-2-3-8(12)9(13)4-7/h2-4,6H,5H2,1H3,(H,14,15). The second-order valence-electron chi connectivity index (χ2n) is 3.16. The summed E-state index contributed by atoms with van der Waals surface area (Å²) < 4.78 is 0.786. The van der Waals surface area contributed by atoms with Crippen LogP contribution in [0.1, 0.15) is 17.3 Å². The van der Waals surface area contributed by atoms with E-state index in [1.54, 1.807) is 18.2 Å². The van der Waals surface area contributed by atoms with Gasteiger partial charge in [0.05, 0.1) is 5.02 Å². The molecule has 1 aromatic carbocycles. The van der Waals surface area contributed by atoms with Crippen LogP contribution >= 0.6 is 43.5 Å². The minimum Gasteiger partial charge on any atom is -0.349 e. The molecule has 1 unspecified atom stereocenters. The summed E-state index contributed by atoms with van der Waals surface area (Å²) in [6, 6.07) is 5.23. The van der Waals surface area contributed by atoms with Crippen molar-refractivity contribution in [2.75, 3.05) is 5.33 Å². The molecule has 0 radical (unpaired) electrons. The number of amides is 1. The van der Waals surface area contributed by atoms with Crippen molar-refractivity contribution in [3.8, 4) is 0 Å². The quantitative estimate of drug-likeness (QED) is 0.825. The zero-order valence-electron chi connectivity index (χ0n) is 8.06. The van der Waals surface area contributed by atoms with Gasteiger partial charge >= 0.3 is 0 Å². The molecule has 82 valence electrons. The number of hydrogen-bond donors (Lipinski definition) is 1. The topological polar surface area (TPSA) is 29.1 Å². The van der Waals surface area contributed by atoms with E-state index in [1.165, 1.54) is 0 Å². The molecule has 1 amide bonds. The molecule has 0 aliphatic heterocycles. The van der Waals surface area contributed by atoms with Gasteiger partial charge in [0, 0.05) is 21.4 Å². The predicted octanol–water partition coefficient (Wildman–Crippen LogP) is 3.62. The number of benzene rings is 1. The molecule has 2 nitrogen and oxygen atoms in total. The number of nitrogens with one attached hydrogen (secondary N) is 1. The van der Waals surface area contributed by atoms with Gasteiger partial charge in [-0.3, -0.25) is 4.79 Å². The molecule has 0 bridgehead atoms. The Labute approximate surface area is 111 Å². The van der Waals surface area contributed by atoms with E-state index >= 15 is 0 Å². The molecular weight excluding hydrogens is 345 g/mol. The highest BCUT2D eigenvalue weighted by Crippen LogP contribution is 2.23. The monoisotopic (exact) mass is 353 g/mol. The van der Waals surface area contributed by atoms with Gasteiger partial charge in [-0.15, -0.1) is 0 Å². The van der Waals surface area contributed by atoms with Gasteiger partial charge in [0.1, 0.15) is 0 Å². The second-order valence-corrected chi connectivity index (χ2v) is 5.07. The van der Waals surface area contributed by atoms with Gasteiger partial charge in [-0.2, -0.15) is 0 Å². The van der Waals surface area contributed by atoms with Gasteiger partial charge in [0.2, 0.25) is 0 Å². The van der Waals surface area contributed by atoms with Crippen LogP contribution in [0.25, 0.3) is 0 Å². The summed E-state index contributed by atoms with van der Waals surface area (Å²) in [5.41, 5.74) is 0.566. The Balaban J connectivity index is 2.78. The van der Waals surface area contributed by atoms with E-state index in [0.717, 1.165) is 9.80 Å². The Morgan fingerprint density at radius 2 is 2.27 bits per heavy atom. The van der Waals surface area contributed by atoms with Crippen LogP contribution in [0.2, 0.25) is 5.02 Å². The average molecular weight is 355 g/mol. The maximum absolute atomic E-state index is 11.7. The summed E-state index contributed by atoms with van der Waals surface area (Å²) in [6.07, 6.45) is 0. The van der Waals surface area contributed by atoms with E-state index in [4.69, 9.17) is 11.6 Å². The van der Waals surface area contributed by atoms with Crippen LogP contribution < -0.4 is 5.32 Å². The number of halogens is 3. The minimum absolute atomic E-state index is 0.0972. The maximum Gasteiger partial charge on any atom is 0.251 e. The van der Waals surface area contributed by atoms with Crippen molar-refractivity contribution >= 4 is 49.4 Å². The molecule has 5 heteroatoms. The van der Waals surface area contributed by atoms with Gasteiger partial charge < -0.3 is 5.32 Å². The molecule has 0 heterocycles. The normalized spacial score (nSPS) is 12.3. The molecule has 1 aromatic rings. The smallest absolute Gasteiger partial charge is 0.251 e. The average Bonchev–Trinajstić information content (AvgIpc) is 2.21. The number of hydrogen-bond acceptors (Lipinski definition) is 1. The van der Waals surface area contributed by atoms with Crippen molar-refractivity contribution in [2.24, 2.45) is 0 Å². The Morgan fingerprint density at radius 1 is 1.60 bits per heavy atom. The van der Waals surface area contributed by atoms with Gasteiger partial charge in [-0.05, 0) is 41.1 Å². The third-order valence-corrected chi connectivity index (χ3v) is 3.99. The predicted molar refractivity (Wildman–Crippen MR) is 69.9 cm³/mol. The van der Waals surface area contributed by atoms with E-state index in [2.05, 4.69) is 37.2 Å². The van der Waals surface area contributed by atoms with Gasteiger partial charge in [-0.1, -0.05) is 27.5 Å². The number of carbonyl (C=O) groups is 1. The Kier molecular flexibility index (Phi) is 5.09. The summed E-state index contributed by atoms with van der Waals surface area (Å²) in [7, 11) is 0. The Hall–Kier alpha value is -0.0600. The molecule has 1 N–H and O–H groups in total. The fourth-order valence-corrected chi connectivity index (χ4v) is 1.57. The van der Waals surface area contributed by atoms with E-state index in [9.17, 15) is 4.79 Å². The summed E-state index contributed by atoms with van der Waals surface area (Å²) in [4.78, 5) is 11.7. The van der Waals surface area contributed by atoms with Crippen LogP contribution in [0.4, 0.5) is 0 Å². The van der Waals surface area contributed by atoms with Crippen molar-refractivity contribution < 1.29 is 4.79 Å². The highest BCUT2D eigenvalue weighted by atomic mass is 79.9. The fourth-order valence-electron chi connectivity index (χ4n) is 0.983. The van der Waals surface area contributed by atoms with E-state index in [1.807, 2.05) is 6.92 Å². The zero-order valence-corrected chi connectivity index (χ0v) is 12.0. The SMILES string of the molecule is CC(CBr)NC(=O)c1ccc(Br)c(Cl)c1. The first-order chi connectivity index (χ1) is 7.04. The summed E-state index contributed by atoms with van der Waals surface area (Å²) in [6.45, 7) is 1.92. The van der Waals surface area contributed by atoms with Crippen LogP contribution in [0.5, 0.6) is 0 Å². The number of alkyl halides is 1. The Morgan fingerprint density at radius 3 is 2.80 bits per heavy atom. The maximum atomic E-state index is 11.7. The molecule has 1 rings (SSSR count). The largest absolute Gasteiger partial charge is 0.349 e. The lowest BCUT2D eigenvalue weighted by molar-refractivity contribution is 0.0944. The summed E-state index contributed by atoms with van der Waals surface area (Å²) in [5, 5.41) is 4.09. The lowest BCUT2D eigenvalue weighted by atomic mass is 10.2. The van der Waals surface area contributed by atoms with Crippen LogP contribution in [0.15, 0.2) is 22.7 Å². The molecular formula is C10H10Br2ClNO. The van der Waals surface area contributed by atoms with Crippen molar-refractivity contribution in [3.05, 3.63) is 33.3 Å². The molecule has 0 saturated heterocycles. The molecule has 0 spiro atoms. The van der Waals surface area contributed by atoms with Gasteiger partial charge in [0.25, 0.3) is 5.91 Å². The van der Waals surface area contributed by atoms with Crippen molar-refractivity contribution in [2.45, 2.75) is 13.0 Å². The summed E-state index contributed by atoms with van der Waals surface area (Å²) in [5.74, 6) is -0.114. The van der Waals surface area contributed by atoms with Crippen LogP contribution in [-0.4, -0.2) is 17.3 Å². The van der Waals surface area contributed by atoms with E-state index in [-0.39, 0.29) is 11.9 Å². The molecule has 0 aliphatic rings. The second kappa shape index (κ2) is 5.87. The van der Waals surface area contributed by atoms with Crippen LogP contribution in [-0.2, 0) is 0 Å². The fraction of sp³-hybridized carbons (Fsp3) is 0.300. The highest BCUT2D eigenvalue weighted by molar-refractivity contribution is 9.10. The van der Waals surface area contributed by atoms with Gasteiger partial charge in [0.15, 0.2) is 0 Å². The first kappa shape index (κ1) is 13.0. The molecule has 0 aromatic heterocycles. The molecule has 0 fully saturated rings. The summed E-state index contributed by atoms with van der Waals surface area (Å²) >= 11 is 12.5. The van der Waals surface area contributed by atoms with E-state index < -0.39 is 0 Å². The lowest BCUT2D eigenvalue weighted by Crippen LogP contribution is -2.33. The number of carbonyl (C=O) groups excluding carboxylic acids is 1. The van der Waals surface area contributed by atoms with Crippen molar-refractivity contribution in [1.82, 2.24) is 5.32 Å². The van der Waals surface area contributed by atoms with Crippen molar-refractivity contribution in [1.29, 1.82) is 0 Å². The molecule has 0 aliphatic carbocycles. The molecule has 0 saturated carbocycles. The van der Waals surface area contributed by atoms with Crippen LogP contribution in [0, 0.1) is 0 Å². The highest BCUT2D eigenvalue weighted by Gasteiger charge is 2.09. The molecule has 1 atom stereocenters. The first-order valence-corrected chi connectivity index (χ1v) is 6.65. The third-order valence-electron chi connectivity index (χ3n) is 1.79. The third kappa shape index (κ3) is 3.78. The first-order valence-electron chi connectivity index (χ1n) is 4.36. The van der Waals surface area contributed by atoms with Crippen LogP contribution in [0.3, 0.4) is 0 Å². The minimum atomic E-state index is -0.114. The van der Waals surface area contributed by atoms with E-state index in [0.29, 0.717) is 10.6 Å². The van der Waals surface area contributed by atoms with Crippen molar-refractivity contribution in [3.63, 3.8) is 0 Å². The van der Waals surface area contributed by atoms with Gasteiger partial charge in [-0.25, -0.2) is 0 Å². The Bertz CT molecular complexity index is 370. The number of rotatable bonds is 3. The lowest BCUT2D eigenvalue weighted by Gasteiger charge is -2.10. The zero-order chi connectivity index (χ0) is 11.4. The molecule has 15 heavy (non-hydrogen) atoms.